The molecule has 0 radical (unpaired) electrons. The van der Waals surface area contributed by atoms with Gasteiger partial charge in [-0.05, 0) is 29.5 Å². The Kier molecular flexibility index (Phi) is 3.85. The molecule has 0 aliphatic heterocycles. The highest BCUT2D eigenvalue weighted by atomic mass is 16.4. The standard InChI is InChI=1S/C19H17N5O/c20-19-22-11-16-17(23-19)8-13(9-18(16)24-25)15-6-2-1-5-14(15)12-4-3-7-21-10-12/h1-7,10-11,13,25H,8-9H2,(H2,20,22,23)/b24-18+. The van der Waals surface area contributed by atoms with Crippen molar-refractivity contribution in [1.82, 2.24) is 15.0 Å². The lowest BCUT2D eigenvalue weighted by Gasteiger charge is -2.26. The van der Waals surface area contributed by atoms with Gasteiger partial charge in [0.1, 0.15) is 0 Å². The molecule has 1 aliphatic rings. The minimum Gasteiger partial charge on any atom is -0.411 e. The van der Waals surface area contributed by atoms with Crippen LogP contribution in [0.4, 0.5) is 5.95 Å². The Morgan fingerprint density at radius 2 is 1.92 bits per heavy atom. The second-order valence-electron chi connectivity index (χ2n) is 6.07. The quantitative estimate of drug-likeness (QED) is 0.555. The lowest BCUT2D eigenvalue weighted by atomic mass is 9.79. The molecule has 0 fully saturated rings. The lowest BCUT2D eigenvalue weighted by molar-refractivity contribution is 0.316. The largest absolute Gasteiger partial charge is 0.411 e. The second kappa shape index (κ2) is 6.32. The number of hydrogen-bond acceptors (Lipinski definition) is 6. The minimum absolute atomic E-state index is 0.143. The van der Waals surface area contributed by atoms with Crippen molar-refractivity contribution in [2.45, 2.75) is 18.8 Å². The molecule has 1 unspecified atom stereocenters. The summed E-state index contributed by atoms with van der Waals surface area (Å²) in [6.07, 6.45) is 6.60. The zero-order valence-electron chi connectivity index (χ0n) is 13.5. The molecule has 2 aromatic heterocycles. The maximum absolute atomic E-state index is 9.45. The highest BCUT2D eigenvalue weighted by Gasteiger charge is 2.28. The predicted molar refractivity (Wildman–Crippen MR) is 95.5 cm³/mol. The van der Waals surface area contributed by atoms with E-state index in [-0.39, 0.29) is 11.9 Å². The summed E-state index contributed by atoms with van der Waals surface area (Å²) in [6, 6.07) is 12.2. The lowest BCUT2D eigenvalue weighted by Crippen LogP contribution is -2.22. The van der Waals surface area contributed by atoms with Crippen LogP contribution in [0.15, 0.2) is 60.1 Å². The van der Waals surface area contributed by atoms with Crippen molar-refractivity contribution in [1.29, 1.82) is 0 Å². The topological polar surface area (TPSA) is 97.3 Å². The van der Waals surface area contributed by atoms with Crippen LogP contribution in [0.25, 0.3) is 11.1 Å². The van der Waals surface area contributed by atoms with Crippen molar-refractivity contribution in [2.75, 3.05) is 5.73 Å². The minimum atomic E-state index is 0.143. The first-order valence-electron chi connectivity index (χ1n) is 8.08. The molecular formula is C19H17N5O. The molecule has 6 heteroatoms. The van der Waals surface area contributed by atoms with Gasteiger partial charge in [-0.2, -0.15) is 0 Å². The summed E-state index contributed by atoms with van der Waals surface area (Å²) in [6.45, 7) is 0. The Bertz CT molecular complexity index is 940. The first-order valence-corrected chi connectivity index (χ1v) is 8.08. The van der Waals surface area contributed by atoms with Crippen LogP contribution in [0, 0.1) is 0 Å². The van der Waals surface area contributed by atoms with E-state index >= 15 is 0 Å². The molecule has 4 rings (SSSR count). The van der Waals surface area contributed by atoms with Crippen molar-refractivity contribution in [3.05, 3.63) is 71.8 Å². The summed E-state index contributed by atoms with van der Waals surface area (Å²) in [5, 5.41) is 12.9. The van der Waals surface area contributed by atoms with Gasteiger partial charge in [0.05, 0.1) is 11.4 Å². The zero-order valence-corrected chi connectivity index (χ0v) is 13.5. The molecule has 124 valence electrons. The van der Waals surface area contributed by atoms with Gasteiger partial charge in [0.25, 0.3) is 0 Å². The Balaban J connectivity index is 1.79. The number of nitrogens with two attached hydrogens (primary N) is 1. The monoisotopic (exact) mass is 331 g/mol. The van der Waals surface area contributed by atoms with Gasteiger partial charge in [-0.25, -0.2) is 9.97 Å². The molecule has 3 N–H and O–H groups in total. The molecule has 25 heavy (non-hydrogen) atoms. The Hall–Kier alpha value is -3.28. The molecule has 1 aliphatic carbocycles. The Morgan fingerprint density at radius 3 is 2.72 bits per heavy atom. The first kappa shape index (κ1) is 15.3. The molecular weight excluding hydrogens is 314 g/mol. The summed E-state index contributed by atoms with van der Waals surface area (Å²) in [7, 11) is 0. The van der Waals surface area contributed by atoms with Crippen molar-refractivity contribution >= 4 is 11.7 Å². The first-order chi connectivity index (χ1) is 12.3. The number of aromatic nitrogens is 3. The van der Waals surface area contributed by atoms with E-state index in [1.807, 2.05) is 30.5 Å². The molecule has 2 heterocycles. The summed E-state index contributed by atoms with van der Waals surface area (Å²) in [5.74, 6) is 0.376. The van der Waals surface area contributed by atoms with Gasteiger partial charge in [0.2, 0.25) is 5.95 Å². The maximum Gasteiger partial charge on any atom is 0.220 e. The third-order valence-corrected chi connectivity index (χ3v) is 4.57. The van der Waals surface area contributed by atoms with Crippen LogP contribution in [-0.2, 0) is 6.42 Å². The molecule has 0 bridgehead atoms. The summed E-state index contributed by atoms with van der Waals surface area (Å²) < 4.78 is 0. The fourth-order valence-corrected chi connectivity index (χ4v) is 3.43. The fraction of sp³-hybridized carbons (Fsp3) is 0.158. The SMILES string of the molecule is Nc1ncc2c(n1)CC(c1ccccc1-c1cccnc1)C/C2=N\O. The Morgan fingerprint density at radius 1 is 1.04 bits per heavy atom. The summed E-state index contributed by atoms with van der Waals surface area (Å²) in [5.41, 5.74) is 11.3. The number of hydrogen-bond donors (Lipinski definition) is 2. The van der Waals surface area contributed by atoms with Crippen LogP contribution in [0.5, 0.6) is 0 Å². The van der Waals surface area contributed by atoms with Crippen LogP contribution in [0.1, 0.15) is 29.2 Å². The van der Waals surface area contributed by atoms with E-state index in [4.69, 9.17) is 5.73 Å². The average Bonchev–Trinajstić information content (AvgIpc) is 2.67. The molecule has 1 atom stereocenters. The van der Waals surface area contributed by atoms with E-state index in [0.29, 0.717) is 12.1 Å². The van der Waals surface area contributed by atoms with Crippen LogP contribution in [-0.4, -0.2) is 25.9 Å². The predicted octanol–water partition coefficient (Wildman–Crippen LogP) is 3.03. The summed E-state index contributed by atoms with van der Waals surface area (Å²) >= 11 is 0. The molecule has 6 nitrogen and oxygen atoms in total. The van der Waals surface area contributed by atoms with Crippen molar-refractivity contribution in [3.63, 3.8) is 0 Å². The van der Waals surface area contributed by atoms with Crippen molar-refractivity contribution in [3.8, 4) is 11.1 Å². The number of anilines is 1. The number of oxime groups is 1. The van der Waals surface area contributed by atoms with Crippen molar-refractivity contribution in [2.24, 2.45) is 5.16 Å². The second-order valence-corrected chi connectivity index (χ2v) is 6.07. The third kappa shape index (κ3) is 2.82. The number of benzene rings is 1. The van der Waals surface area contributed by atoms with Crippen molar-refractivity contribution < 1.29 is 5.21 Å². The van der Waals surface area contributed by atoms with E-state index in [0.717, 1.165) is 28.8 Å². The molecule has 0 spiro atoms. The van der Waals surface area contributed by atoms with E-state index in [1.165, 1.54) is 5.56 Å². The number of fused-ring (bicyclic) bond motifs is 1. The van der Waals surface area contributed by atoms with E-state index in [1.54, 1.807) is 12.4 Å². The fourth-order valence-electron chi connectivity index (χ4n) is 3.43. The van der Waals surface area contributed by atoms with Gasteiger partial charge < -0.3 is 10.9 Å². The molecule has 0 saturated carbocycles. The van der Waals surface area contributed by atoms with Gasteiger partial charge in [0, 0.05) is 36.1 Å². The number of nitrogens with zero attached hydrogens (tertiary/aromatic N) is 4. The normalized spacial score (nSPS) is 18.1. The van der Waals surface area contributed by atoms with Crippen LogP contribution in [0.2, 0.25) is 0 Å². The van der Waals surface area contributed by atoms with E-state index in [2.05, 4.69) is 32.2 Å². The highest BCUT2D eigenvalue weighted by molar-refractivity contribution is 6.02. The van der Waals surface area contributed by atoms with Gasteiger partial charge in [-0.3, -0.25) is 4.98 Å². The number of pyridine rings is 1. The smallest absolute Gasteiger partial charge is 0.220 e. The third-order valence-electron chi connectivity index (χ3n) is 4.57. The molecule has 0 amide bonds. The Labute approximate surface area is 145 Å². The summed E-state index contributed by atoms with van der Waals surface area (Å²) in [4.78, 5) is 12.6. The van der Waals surface area contributed by atoms with Crippen LogP contribution < -0.4 is 5.73 Å². The van der Waals surface area contributed by atoms with Gasteiger partial charge in [-0.1, -0.05) is 35.5 Å². The van der Waals surface area contributed by atoms with Crippen LogP contribution >= 0.6 is 0 Å². The maximum atomic E-state index is 9.45. The average molecular weight is 331 g/mol. The van der Waals surface area contributed by atoms with Gasteiger partial charge in [-0.15, -0.1) is 0 Å². The van der Waals surface area contributed by atoms with Gasteiger partial charge in [0.15, 0.2) is 0 Å². The molecule has 1 aromatic carbocycles. The number of nitrogen functional groups attached to an aromatic ring is 1. The van der Waals surface area contributed by atoms with Gasteiger partial charge >= 0.3 is 0 Å². The van der Waals surface area contributed by atoms with E-state index < -0.39 is 0 Å². The van der Waals surface area contributed by atoms with E-state index in [9.17, 15) is 5.21 Å². The zero-order chi connectivity index (χ0) is 17.2. The molecule has 0 saturated heterocycles. The highest BCUT2D eigenvalue weighted by Crippen LogP contribution is 2.37. The molecule has 3 aromatic rings. The number of rotatable bonds is 2. The van der Waals surface area contributed by atoms with Crippen LogP contribution in [0.3, 0.4) is 0 Å².